The number of rotatable bonds is 10. The van der Waals surface area contributed by atoms with Gasteiger partial charge in [0.05, 0.1) is 10.6 Å². The number of carbonyl (C=O) groups excluding carboxylic acids is 1. The molecule has 34 heavy (non-hydrogen) atoms. The molecular weight excluding hydrogens is 488 g/mol. The second kappa shape index (κ2) is 11.8. The van der Waals surface area contributed by atoms with Crippen LogP contribution < -0.4 is 9.62 Å². The molecule has 0 unspecified atom stereocenters. The van der Waals surface area contributed by atoms with Crippen molar-refractivity contribution in [2.75, 3.05) is 23.1 Å². The molecule has 0 aliphatic heterocycles. The largest absolute Gasteiger partial charge is 0.354 e. The van der Waals surface area contributed by atoms with E-state index in [1.165, 1.54) is 10.5 Å². The van der Waals surface area contributed by atoms with E-state index >= 15 is 0 Å². The number of hydrogen-bond donors (Lipinski definition) is 1. The van der Waals surface area contributed by atoms with Gasteiger partial charge in [0.1, 0.15) is 6.54 Å². The number of sulfonamides is 1. The first-order valence-corrected chi connectivity index (χ1v) is 13.8. The molecule has 8 heteroatoms. The molecule has 180 valence electrons. The third kappa shape index (κ3) is 7.01. The lowest BCUT2D eigenvalue weighted by atomic mass is 10.2. The van der Waals surface area contributed by atoms with Crippen molar-refractivity contribution in [1.29, 1.82) is 0 Å². The normalized spacial score (nSPS) is 11.3. The summed E-state index contributed by atoms with van der Waals surface area (Å²) in [4.78, 5) is 14.1. The van der Waals surface area contributed by atoms with E-state index in [2.05, 4.69) is 36.5 Å². The molecule has 0 saturated heterocycles. The van der Waals surface area contributed by atoms with Crippen molar-refractivity contribution in [3.05, 3.63) is 88.4 Å². The third-order valence-electron chi connectivity index (χ3n) is 5.27. The zero-order valence-electron chi connectivity index (χ0n) is 19.5. The average molecular weight is 517 g/mol. The highest BCUT2D eigenvalue weighted by Gasteiger charge is 2.28. The van der Waals surface area contributed by atoms with Crippen molar-refractivity contribution in [2.45, 2.75) is 37.0 Å². The number of anilines is 1. The molecule has 3 rings (SSSR count). The highest BCUT2D eigenvalue weighted by molar-refractivity contribution is 7.99. The van der Waals surface area contributed by atoms with Crippen LogP contribution in [0.25, 0.3) is 0 Å². The number of halogens is 1. The second-order valence-corrected chi connectivity index (χ2v) is 11.6. The fraction of sp³-hybridized carbons (Fsp3) is 0.269. The molecule has 0 saturated carbocycles. The number of thioether (sulfide) groups is 1. The topological polar surface area (TPSA) is 66.5 Å². The first-order valence-electron chi connectivity index (χ1n) is 11.0. The second-order valence-electron chi connectivity index (χ2n) is 8.12. The molecule has 0 radical (unpaired) electrons. The van der Waals surface area contributed by atoms with E-state index in [1.807, 2.05) is 6.92 Å². The fourth-order valence-electron chi connectivity index (χ4n) is 3.30. The Morgan fingerprint density at radius 3 is 2.21 bits per heavy atom. The van der Waals surface area contributed by atoms with Crippen molar-refractivity contribution >= 4 is 45.0 Å². The maximum Gasteiger partial charge on any atom is 0.264 e. The van der Waals surface area contributed by atoms with Gasteiger partial charge in [0, 0.05) is 16.5 Å². The predicted molar refractivity (Wildman–Crippen MR) is 141 cm³/mol. The van der Waals surface area contributed by atoms with Gasteiger partial charge in [0.15, 0.2) is 0 Å². The molecule has 0 atom stereocenters. The van der Waals surface area contributed by atoms with Gasteiger partial charge in [-0.1, -0.05) is 53.1 Å². The summed E-state index contributed by atoms with van der Waals surface area (Å²) in [7, 11) is -3.97. The van der Waals surface area contributed by atoms with Crippen LogP contribution in [0.4, 0.5) is 5.69 Å². The average Bonchev–Trinajstić information content (AvgIpc) is 2.80. The fourth-order valence-corrected chi connectivity index (χ4v) is 5.80. The summed E-state index contributed by atoms with van der Waals surface area (Å²) >= 11 is 7.89. The summed E-state index contributed by atoms with van der Waals surface area (Å²) in [5, 5.41) is 3.25. The standard InChI is InChI=1S/C26H29ClN2O3S2/c1-19-5-11-23(12-6-19)33-16-4-15-28-26(30)18-29(25-17-22(27)10-9-21(25)3)34(31,32)24-13-7-20(2)8-14-24/h5-14,17H,4,15-16,18H2,1-3H3,(H,28,30). The maximum absolute atomic E-state index is 13.5. The van der Waals surface area contributed by atoms with Gasteiger partial charge in [0.25, 0.3) is 10.0 Å². The van der Waals surface area contributed by atoms with Crippen molar-refractivity contribution in [2.24, 2.45) is 0 Å². The lowest BCUT2D eigenvalue weighted by Gasteiger charge is -2.26. The summed E-state index contributed by atoms with van der Waals surface area (Å²) in [6.07, 6.45) is 0.769. The molecule has 0 aliphatic rings. The molecule has 0 heterocycles. The Kier molecular flexibility index (Phi) is 9.05. The Morgan fingerprint density at radius 1 is 0.941 bits per heavy atom. The molecule has 3 aromatic rings. The van der Waals surface area contributed by atoms with Gasteiger partial charge in [-0.3, -0.25) is 9.10 Å². The number of aryl methyl sites for hydroxylation is 3. The van der Waals surface area contributed by atoms with Gasteiger partial charge >= 0.3 is 0 Å². The van der Waals surface area contributed by atoms with Crippen molar-refractivity contribution in [3.8, 4) is 0 Å². The van der Waals surface area contributed by atoms with E-state index < -0.39 is 10.0 Å². The molecule has 0 aromatic heterocycles. The number of nitrogens with one attached hydrogen (secondary N) is 1. The Bertz CT molecular complexity index is 1230. The molecule has 1 N–H and O–H groups in total. The van der Waals surface area contributed by atoms with Gasteiger partial charge in [-0.15, -0.1) is 11.8 Å². The summed E-state index contributed by atoms with van der Waals surface area (Å²) in [5.74, 6) is 0.484. The van der Waals surface area contributed by atoms with Crippen LogP contribution >= 0.6 is 23.4 Å². The Labute approximate surface area is 211 Å². The highest BCUT2D eigenvalue weighted by atomic mass is 35.5. The first-order chi connectivity index (χ1) is 16.2. The minimum absolute atomic E-state index is 0.125. The molecule has 5 nitrogen and oxygen atoms in total. The van der Waals surface area contributed by atoms with Crippen LogP contribution in [0.3, 0.4) is 0 Å². The van der Waals surface area contributed by atoms with Gasteiger partial charge in [-0.2, -0.15) is 0 Å². The quantitative estimate of drug-likeness (QED) is 0.275. The van der Waals surface area contributed by atoms with Crippen LogP contribution in [0.2, 0.25) is 5.02 Å². The molecular formula is C26H29ClN2O3S2. The third-order valence-corrected chi connectivity index (χ3v) is 8.38. The summed E-state index contributed by atoms with van der Waals surface area (Å²) in [6, 6.07) is 19.9. The molecule has 0 fully saturated rings. The van der Waals surface area contributed by atoms with E-state index in [0.717, 1.165) is 22.0 Å². The monoisotopic (exact) mass is 516 g/mol. The summed E-state index contributed by atoms with van der Waals surface area (Å²) < 4.78 is 28.1. The summed E-state index contributed by atoms with van der Waals surface area (Å²) in [5.41, 5.74) is 3.27. The van der Waals surface area contributed by atoms with Crippen LogP contribution in [0.1, 0.15) is 23.1 Å². The lowest BCUT2D eigenvalue weighted by Crippen LogP contribution is -2.41. The number of nitrogens with zero attached hydrogens (tertiary/aromatic N) is 1. The molecule has 3 aromatic carbocycles. The van der Waals surface area contributed by atoms with Gasteiger partial charge < -0.3 is 5.32 Å². The summed E-state index contributed by atoms with van der Waals surface area (Å²) in [6.45, 7) is 5.87. The van der Waals surface area contributed by atoms with E-state index in [9.17, 15) is 13.2 Å². The van der Waals surface area contributed by atoms with Crippen LogP contribution in [0, 0.1) is 20.8 Å². The highest BCUT2D eigenvalue weighted by Crippen LogP contribution is 2.29. The zero-order chi connectivity index (χ0) is 24.7. The van der Waals surface area contributed by atoms with Crippen molar-refractivity contribution in [3.63, 3.8) is 0 Å². The van der Waals surface area contributed by atoms with Crippen LogP contribution in [0.15, 0.2) is 76.5 Å². The Balaban J connectivity index is 1.68. The van der Waals surface area contributed by atoms with E-state index in [1.54, 1.807) is 61.2 Å². The smallest absolute Gasteiger partial charge is 0.264 e. The van der Waals surface area contributed by atoms with E-state index in [0.29, 0.717) is 22.8 Å². The predicted octanol–water partition coefficient (Wildman–Crippen LogP) is 5.76. The van der Waals surface area contributed by atoms with Crippen LogP contribution in [0.5, 0.6) is 0 Å². The van der Waals surface area contributed by atoms with E-state index in [-0.39, 0.29) is 17.3 Å². The maximum atomic E-state index is 13.5. The Hall–Kier alpha value is -2.48. The van der Waals surface area contributed by atoms with Gasteiger partial charge in [0.2, 0.25) is 5.91 Å². The minimum atomic E-state index is -3.97. The molecule has 1 amide bonds. The van der Waals surface area contributed by atoms with Crippen LogP contribution in [-0.2, 0) is 14.8 Å². The number of benzene rings is 3. The minimum Gasteiger partial charge on any atom is -0.354 e. The lowest BCUT2D eigenvalue weighted by molar-refractivity contribution is -0.119. The van der Waals surface area contributed by atoms with Crippen molar-refractivity contribution < 1.29 is 13.2 Å². The molecule has 0 aliphatic carbocycles. The van der Waals surface area contributed by atoms with Gasteiger partial charge in [-0.05, 0) is 74.9 Å². The number of amides is 1. The number of carbonyl (C=O) groups is 1. The first kappa shape index (κ1) is 26.1. The van der Waals surface area contributed by atoms with Gasteiger partial charge in [-0.25, -0.2) is 8.42 Å². The SMILES string of the molecule is Cc1ccc(SCCCNC(=O)CN(c2cc(Cl)ccc2C)S(=O)(=O)c2ccc(C)cc2)cc1. The van der Waals surface area contributed by atoms with Crippen LogP contribution in [-0.4, -0.2) is 33.2 Å². The van der Waals surface area contributed by atoms with Crippen molar-refractivity contribution in [1.82, 2.24) is 5.32 Å². The number of hydrogen-bond acceptors (Lipinski definition) is 4. The van der Waals surface area contributed by atoms with E-state index in [4.69, 9.17) is 11.6 Å². The molecule has 0 bridgehead atoms. The molecule has 0 spiro atoms. The zero-order valence-corrected chi connectivity index (χ0v) is 21.9. The Morgan fingerprint density at radius 2 is 1.56 bits per heavy atom.